The van der Waals surface area contributed by atoms with E-state index in [1.807, 2.05) is 16.5 Å². The third kappa shape index (κ3) is 3.89. The van der Waals surface area contributed by atoms with Crippen molar-refractivity contribution in [2.75, 3.05) is 26.2 Å². The van der Waals surface area contributed by atoms with Crippen LogP contribution >= 0.6 is 0 Å². The molecule has 130 valence electrons. The molecule has 0 spiro atoms. The van der Waals surface area contributed by atoms with E-state index in [1.165, 1.54) is 5.56 Å². The lowest BCUT2D eigenvalue weighted by Crippen LogP contribution is -2.48. The number of aromatic nitrogens is 2. The summed E-state index contributed by atoms with van der Waals surface area (Å²) in [6, 6.07) is 9.00. The predicted octanol–water partition coefficient (Wildman–Crippen LogP) is 2.04. The largest absolute Gasteiger partial charge is 0.336 e. The Morgan fingerprint density at radius 1 is 1.28 bits per heavy atom. The number of carbonyl (C=O) groups excluding carboxylic acids is 1. The van der Waals surface area contributed by atoms with Crippen LogP contribution in [0.5, 0.6) is 0 Å². The fourth-order valence-electron chi connectivity index (χ4n) is 3.13. The smallest absolute Gasteiger partial charge is 0.253 e. The molecule has 0 radical (unpaired) electrons. The molecule has 1 aromatic carbocycles. The number of rotatable bonds is 4. The van der Waals surface area contributed by atoms with E-state index in [-0.39, 0.29) is 5.91 Å². The Hall–Kier alpha value is -2.65. The third-order valence-corrected chi connectivity index (χ3v) is 4.66. The minimum atomic E-state index is 0.00623. The summed E-state index contributed by atoms with van der Waals surface area (Å²) in [4.78, 5) is 16.8. The van der Waals surface area contributed by atoms with E-state index in [4.69, 9.17) is 5.26 Å². The Morgan fingerprint density at radius 3 is 2.68 bits per heavy atom. The van der Waals surface area contributed by atoms with Gasteiger partial charge in [-0.05, 0) is 32.0 Å². The van der Waals surface area contributed by atoms with Crippen molar-refractivity contribution in [2.45, 2.75) is 26.9 Å². The molecule has 1 saturated heterocycles. The van der Waals surface area contributed by atoms with E-state index in [0.717, 1.165) is 31.9 Å². The summed E-state index contributed by atoms with van der Waals surface area (Å²) in [5, 5.41) is 13.5. The highest BCUT2D eigenvalue weighted by molar-refractivity contribution is 5.94. The minimum absolute atomic E-state index is 0.00623. The van der Waals surface area contributed by atoms with E-state index in [1.54, 1.807) is 24.3 Å². The van der Waals surface area contributed by atoms with E-state index in [0.29, 0.717) is 24.2 Å². The number of benzene rings is 1. The molecular formula is C19H23N5O. The molecule has 1 aliphatic heterocycles. The zero-order valence-corrected chi connectivity index (χ0v) is 14.8. The van der Waals surface area contributed by atoms with Crippen molar-refractivity contribution >= 4 is 5.91 Å². The first-order valence-electron chi connectivity index (χ1n) is 8.65. The molecular weight excluding hydrogens is 314 g/mol. The van der Waals surface area contributed by atoms with Crippen molar-refractivity contribution in [1.82, 2.24) is 19.6 Å². The van der Waals surface area contributed by atoms with Crippen LogP contribution < -0.4 is 0 Å². The van der Waals surface area contributed by atoms with Crippen molar-refractivity contribution in [3.8, 4) is 6.07 Å². The van der Waals surface area contributed by atoms with Crippen molar-refractivity contribution < 1.29 is 4.79 Å². The summed E-state index contributed by atoms with van der Waals surface area (Å²) >= 11 is 0. The molecule has 0 bridgehead atoms. The van der Waals surface area contributed by atoms with E-state index < -0.39 is 0 Å². The van der Waals surface area contributed by atoms with Crippen LogP contribution in [-0.2, 0) is 13.1 Å². The predicted molar refractivity (Wildman–Crippen MR) is 95.0 cm³/mol. The lowest BCUT2D eigenvalue weighted by molar-refractivity contribution is 0.0628. The van der Waals surface area contributed by atoms with Crippen molar-refractivity contribution in [1.29, 1.82) is 5.26 Å². The molecule has 6 heteroatoms. The maximum atomic E-state index is 12.6. The molecule has 0 saturated carbocycles. The average Bonchev–Trinajstić information content (AvgIpc) is 3.01. The number of hydrogen-bond donors (Lipinski definition) is 0. The number of piperazine rings is 1. The molecule has 0 N–H and O–H groups in total. The van der Waals surface area contributed by atoms with Crippen LogP contribution in [0.15, 0.2) is 30.5 Å². The first kappa shape index (κ1) is 17.2. The summed E-state index contributed by atoms with van der Waals surface area (Å²) in [6.45, 7) is 8.99. The Kier molecular flexibility index (Phi) is 5.15. The van der Waals surface area contributed by atoms with Gasteiger partial charge in [0, 0.05) is 56.6 Å². The molecule has 1 aliphatic rings. The molecule has 2 heterocycles. The summed E-state index contributed by atoms with van der Waals surface area (Å²) in [5.41, 5.74) is 3.44. The van der Waals surface area contributed by atoms with Crippen molar-refractivity contribution in [2.24, 2.45) is 0 Å². The molecule has 25 heavy (non-hydrogen) atoms. The van der Waals surface area contributed by atoms with E-state index >= 15 is 0 Å². The monoisotopic (exact) mass is 337 g/mol. The Morgan fingerprint density at radius 2 is 2.04 bits per heavy atom. The van der Waals surface area contributed by atoms with Gasteiger partial charge in [-0.3, -0.25) is 14.4 Å². The highest BCUT2D eigenvalue weighted by Crippen LogP contribution is 2.14. The fourth-order valence-corrected chi connectivity index (χ4v) is 3.13. The van der Waals surface area contributed by atoms with Gasteiger partial charge in [-0.25, -0.2) is 0 Å². The number of hydrogen-bond acceptors (Lipinski definition) is 4. The third-order valence-electron chi connectivity index (χ3n) is 4.66. The van der Waals surface area contributed by atoms with Crippen LogP contribution in [0.2, 0.25) is 0 Å². The van der Waals surface area contributed by atoms with Gasteiger partial charge in [0.2, 0.25) is 0 Å². The highest BCUT2D eigenvalue weighted by atomic mass is 16.2. The summed E-state index contributed by atoms with van der Waals surface area (Å²) < 4.78 is 1.96. The second kappa shape index (κ2) is 7.49. The average molecular weight is 337 g/mol. The van der Waals surface area contributed by atoms with Crippen LogP contribution in [0, 0.1) is 18.3 Å². The molecule has 1 fully saturated rings. The van der Waals surface area contributed by atoms with Gasteiger partial charge < -0.3 is 4.90 Å². The van der Waals surface area contributed by atoms with Gasteiger partial charge in [0.05, 0.1) is 17.3 Å². The number of nitriles is 1. The lowest BCUT2D eigenvalue weighted by atomic mass is 10.1. The van der Waals surface area contributed by atoms with Gasteiger partial charge in [-0.15, -0.1) is 0 Å². The standard InChI is InChI=1S/C19H23N5O/c1-3-24-14-18(15(2)21-24)13-22-7-9-23(10-8-22)19(25)17-6-4-5-16(11-17)12-20/h4-6,11,14H,3,7-10,13H2,1-2H3. The summed E-state index contributed by atoms with van der Waals surface area (Å²) in [5.74, 6) is 0.00623. The highest BCUT2D eigenvalue weighted by Gasteiger charge is 2.23. The van der Waals surface area contributed by atoms with Crippen LogP contribution in [0.25, 0.3) is 0 Å². The number of carbonyl (C=O) groups is 1. The van der Waals surface area contributed by atoms with Gasteiger partial charge in [0.1, 0.15) is 0 Å². The molecule has 1 amide bonds. The lowest BCUT2D eigenvalue weighted by Gasteiger charge is -2.34. The molecule has 3 rings (SSSR count). The van der Waals surface area contributed by atoms with E-state index in [2.05, 4.69) is 29.2 Å². The first-order chi connectivity index (χ1) is 12.1. The van der Waals surface area contributed by atoms with Crippen molar-refractivity contribution in [3.63, 3.8) is 0 Å². The molecule has 0 atom stereocenters. The SMILES string of the molecule is CCn1cc(CN2CCN(C(=O)c3cccc(C#N)c3)CC2)c(C)n1. The van der Waals surface area contributed by atoms with Gasteiger partial charge in [-0.1, -0.05) is 6.07 Å². The van der Waals surface area contributed by atoms with Crippen LogP contribution in [0.1, 0.15) is 34.1 Å². The Labute approximate surface area is 148 Å². The minimum Gasteiger partial charge on any atom is -0.336 e. The number of aryl methyl sites for hydroxylation is 2. The van der Waals surface area contributed by atoms with Crippen LogP contribution in [0.4, 0.5) is 0 Å². The van der Waals surface area contributed by atoms with Gasteiger partial charge in [-0.2, -0.15) is 10.4 Å². The van der Waals surface area contributed by atoms with Gasteiger partial charge >= 0.3 is 0 Å². The molecule has 1 aromatic heterocycles. The van der Waals surface area contributed by atoms with Crippen LogP contribution in [0.3, 0.4) is 0 Å². The maximum Gasteiger partial charge on any atom is 0.253 e. The second-order valence-electron chi connectivity index (χ2n) is 6.36. The molecule has 0 aliphatic carbocycles. The fraction of sp³-hybridized carbons (Fsp3) is 0.421. The maximum absolute atomic E-state index is 12.6. The Bertz CT molecular complexity index is 796. The van der Waals surface area contributed by atoms with Crippen molar-refractivity contribution in [3.05, 3.63) is 52.8 Å². The molecule has 0 unspecified atom stereocenters. The normalized spacial score (nSPS) is 15.2. The summed E-state index contributed by atoms with van der Waals surface area (Å²) in [7, 11) is 0. The zero-order chi connectivity index (χ0) is 17.8. The first-order valence-corrected chi connectivity index (χ1v) is 8.65. The number of amides is 1. The quantitative estimate of drug-likeness (QED) is 0.856. The molecule has 2 aromatic rings. The second-order valence-corrected chi connectivity index (χ2v) is 6.36. The number of nitrogens with zero attached hydrogens (tertiary/aromatic N) is 5. The summed E-state index contributed by atoms with van der Waals surface area (Å²) in [6.07, 6.45) is 2.11. The molecule has 6 nitrogen and oxygen atoms in total. The zero-order valence-electron chi connectivity index (χ0n) is 14.8. The Balaban J connectivity index is 1.58. The van der Waals surface area contributed by atoms with Gasteiger partial charge in [0.25, 0.3) is 5.91 Å². The van der Waals surface area contributed by atoms with E-state index in [9.17, 15) is 4.79 Å². The topological polar surface area (TPSA) is 65.2 Å². The van der Waals surface area contributed by atoms with Gasteiger partial charge in [0.15, 0.2) is 0 Å². The van der Waals surface area contributed by atoms with Crippen LogP contribution in [-0.4, -0.2) is 51.7 Å².